The monoisotopic (exact) mass is 401 g/mol. The summed E-state index contributed by atoms with van der Waals surface area (Å²) >= 11 is 0. The highest BCUT2D eigenvalue weighted by atomic mass is 16.1. The molecule has 30 heavy (non-hydrogen) atoms. The number of hydrogen-bond donors (Lipinski definition) is 1. The molecule has 8 nitrogen and oxygen atoms in total. The van der Waals surface area contributed by atoms with Gasteiger partial charge in [0.2, 0.25) is 0 Å². The van der Waals surface area contributed by atoms with E-state index < -0.39 is 0 Å². The van der Waals surface area contributed by atoms with Crippen molar-refractivity contribution in [2.24, 2.45) is 0 Å². The van der Waals surface area contributed by atoms with E-state index in [1.54, 1.807) is 16.8 Å². The lowest BCUT2D eigenvalue weighted by Gasteiger charge is -2.09. The molecule has 1 amide bonds. The Morgan fingerprint density at radius 1 is 1.03 bits per heavy atom. The van der Waals surface area contributed by atoms with Crippen LogP contribution in [0.25, 0.3) is 22.4 Å². The predicted molar refractivity (Wildman–Crippen MR) is 114 cm³/mol. The van der Waals surface area contributed by atoms with E-state index in [0.29, 0.717) is 11.1 Å². The number of carbonyl (C=O) groups excluding carboxylic acids is 1. The minimum absolute atomic E-state index is 0.174. The average molecular weight is 401 g/mol. The van der Waals surface area contributed by atoms with Gasteiger partial charge in [0.15, 0.2) is 5.82 Å². The lowest BCUT2D eigenvalue weighted by atomic mass is 10.1. The molecule has 0 atom stereocenters. The van der Waals surface area contributed by atoms with Gasteiger partial charge in [0.25, 0.3) is 5.91 Å². The van der Waals surface area contributed by atoms with Crippen molar-refractivity contribution in [1.82, 2.24) is 29.8 Å². The number of rotatable bonds is 4. The summed E-state index contributed by atoms with van der Waals surface area (Å²) in [4.78, 5) is 12.7. The molecular formula is C22H23N7O. The molecule has 0 saturated carbocycles. The maximum atomic E-state index is 12.7. The quantitative estimate of drug-likeness (QED) is 0.563. The third-order valence-corrected chi connectivity index (χ3v) is 5.59. The molecule has 1 aliphatic rings. The van der Waals surface area contributed by atoms with Gasteiger partial charge >= 0.3 is 0 Å². The molecule has 0 aliphatic carbocycles. The van der Waals surface area contributed by atoms with E-state index in [1.807, 2.05) is 37.3 Å². The van der Waals surface area contributed by atoms with Crippen LogP contribution in [0.5, 0.6) is 0 Å². The second-order valence-corrected chi connectivity index (χ2v) is 7.54. The molecule has 152 valence electrons. The van der Waals surface area contributed by atoms with Gasteiger partial charge in [0, 0.05) is 36.3 Å². The Hall–Kier alpha value is -3.55. The third kappa shape index (κ3) is 3.34. The number of nitrogens with one attached hydrogen (secondary N) is 1. The number of hydrogen-bond acceptors (Lipinski definition) is 5. The highest BCUT2D eigenvalue weighted by molar-refractivity contribution is 6.05. The summed E-state index contributed by atoms with van der Waals surface area (Å²) in [5.41, 5.74) is 3.93. The van der Waals surface area contributed by atoms with Crippen molar-refractivity contribution in [2.75, 3.05) is 5.32 Å². The highest BCUT2D eigenvalue weighted by Gasteiger charge is 2.16. The molecule has 2 aromatic heterocycles. The van der Waals surface area contributed by atoms with Crippen LogP contribution >= 0.6 is 0 Å². The van der Waals surface area contributed by atoms with E-state index in [2.05, 4.69) is 30.4 Å². The van der Waals surface area contributed by atoms with Crippen LogP contribution in [0.1, 0.15) is 42.4 Å². The molecular weight excluding hydrogens is 378 g/mol. The second kappa shape index (κ2) is 7.70. The topological polar surface area (TPSA) is 90.5 Å². The summed E-state index contributed by atoms with van der Waals surface area (Å²) in [6, 6.07) is 13.2. The maximum absolute atomic E-state index is 12.7. The van der Waals surface area contributed by atoms with Crippen molar-refractivity contribution in [2.45, 2.75) is 45.7 Å². The molecule has 5 rings (SSSR count). The maximum Gasteiger partial charge on any atom is 0.255 e. The van der Waals surface area contributed by atoms with Crippen molar-refractivity contribution in [3.63, 3.8) is 0 Å². The molecule has 0 radical (unpaired) electrons. The fourth-order valence-electron chi connectivity index (χ4n) is 3.95. The lowest BCUT2D eigenvalue weighted by molar-refractivity contribution is 0.102. The van der Waals surface area contributed by atoms with E-state index >= 15 is 0 Å². The van der Waals surface area contributed by atoms with Crippen LogP contribution in [0.2, 0.25) is 0 Å². The Bertz CT molecular complexity index is 1210. The van der Waals surface area contributed by atoms with Crippen LogP contribution in [0.3, 0.4) is 0 Å². The molecule has 2 aromatic carbocycles. The molecule has 1 aliphatic heterocycles. The molecule has 0 spiro atoms. The number of fused-ring (bicyclic) bond motifs is 2. The van der Waals surface area contributed by atoms with Gasteiger partial charge in [-0.05, 0) is 62.2 Å². The van der Waals surface area contributed by atoms with Crippen molar-refractivity contribution < 1.29 is 4.79 Å². The number of aromatic nitrogens is 6. The van der Waals surface area contributed by atoms with E-state index in [1.165, 1.54) is 12.8 Å². The first-order valence-electron chi connectivity index (χ1n) is 10.4. The zero-order valence-electron chi connectivity index (χ0n) is 16.9. The van der Waals surface area contributed by atoms with Crippen molar-refractivity contribution in [1.29, 1.82) is 0 Å². The van der Waals surface area contributed by atoms with E-state index in [4.69, 9.17) is 0 Å². The van der Waals surface area contributed by atoms with Crippen LogP contribution < -0.4 is 5.32 Å². The summed E-state index contributed by atoms with van der Waals surface area (Å²) in [7, 11) is 0. The van der Waals surface area contributed by atoms with Gasteiger partial charge in [-0.1, -0.05) is 11.6 Å². The molecule has 0 saturated heterocycles. The number of carbonyl (C=O) groups is 1. The van der Waals surface area contributed by atoms with Gasteiger partial charge < -0.3 is 9.88 Å². The molecule has 3 heterocycles. The first kappa shape index (κ1) is 18.5. The molecule has 8 heteroatoms. The second-order valence-electron chi connectivity index (χ2n) is 7.54. The van der Waals surface area contributed by atoms with E-state index in [9.17, 15) is 4.79 Å². The van der Waals surface area contributed by atoms with Crippen molar-refractivity contribution in [3.8, 4) is 11.4 Å². The Kier molecular flexibility index (Phi) is 4.74. The fraction of sp³-hybridized carbons (Fsp3) is 0.318. The SMILES string of the molecule is CCn1nnc2cc(C(=O)Nc3ccc(-c4nnc5n4CCCCC5)cc3)ccc21. The van der Waals surface area contributed by atoms with Crippen molar-refractivity contribution in [3.05, 3.63) is 53.9 Å². The smallest absolute Gasteiger partial charge is 0.255 e. The van der Waals surface area contributed by atoms with E-state index in [-0.39, 0.29) is 5.91 Å². The Morgan fingerprint density at radius 3 is 2.73 bits per heavy atom. The molecule has 1 N–H and O–H groups in total. The first-order valence-corrected chi connectivity index (χ1v) is 10.4. The zero-order valence-corrected chi connectivity index (χ0v) is 16.9. The lowest BCUT2D eigenvalue weighted by Crippen LogP contribution is -2.11. The third-order valence-electron chi connectivity index (χ3n) is 5.59. The number of aryl methyl sites for hydroxylation is 2. The van der Waals surface area contributed by atoms with Gasteiger partial charge in [-0.3, -0.25) is 4.79 Å². The molecule has 0 unspecified atom stereocenters. The largest absolute Gasteiger partial charge is 0.322 e. The Morgan fingerprint density at radius 2 is 1.90 bits per heavy atom. The molecule has 0 fully saturated rings. The Balaban J connectivity index is 1.34. The number of nitrogens with zero attached hydrogens (tertiary/aromatic N) is 6. The zero-order chi connectivity index (χ0) is 20.5. The van der Waals surface area contributed by atoms with Crippen LogP contribution in [0, 0.1) is 0 Å². The van der Waals surface area contributed by atoms with Crippen molar-refractivity contribution >= 4 is 22.6 Å². The number of amides is 1. The average Bonchev–Trinajstić information content (AvgIpc) is 3.30. The van der Waals surface area contributed by atoms with Gasteiger partial charge in [0.05, 0.1) is 5.52 Å². The minimum atomic E-state index is -0.174. The van der Waals surface area contributed by atoms with E-state index in [0.717, 1.165) is 54.3 Å². The highest BCUT2D eigenvalue weighted by Crippen LogP contribution is 2.24. The summed E-state index contributed by atoms with van der Waals surface area (Å²) < 4.78 is 4.03. The molecule has 0 bridgehead atoms. The van der Waals surface area contributed by atoms with Crippen LogP contribution in [-0.2, 0) is 19.5 Å². The summed E-state index contributed by atoms with van der Waals surface area (Å²) in [6.07, 6.45) is 4.54. The number of anilines is 1. The van der Waals surface area contributed by atoms with Crippen LogP contribution in [0.4, 0.5) is 5.69 Å². The summed E-state index contributed by atoms with van der Waals surface area (Å²) in [6.45, 7) is 3.71. The van der Waals surface area contributed by atoms with Crippen LogP contribution in [0.15, 0.2) is 42.5 Å². The van der Waals surface area contributed by atoms with Gasteiger partial charge in [-0.25, -0.2) is 4.68 Å². The van der Waals surface area contributed by atoms with Crippen LogP contribution in [-0.4, -0.2) is 35.7 Å². The van der Waals surface area contributed by atoms with Gasteiger partial charge in [0.1, 0.15) is 11.3 Å². The summed E-state index contributed by atoms with van der Waals surface area (Å²) in [5.74, 6) is 1.79. The van der Waals surface area contributed by atoms with Gasteiger partial charge in [-0.15, -0.1) is 15.3 Å². The van der Waals surface area contributed by atoms with Gasteiger partial charge in [-0.2, -0.15) is 0 Å². The first-order chi connectivity index (χ1) is 14.7. The fourth-order valence-corrected chi connectivity index (χ4v) is 3.95. The minimum Gasteiger partial charge on any atom is -0.322 e. The molecule has 4 aromatic rings. The summed E-state index contributed by atoms with van der Waals surface area (Å²) in [5, 5.41) is 19.9. The number of benzene rings is 2. The predicted octanol–water partition coefficient (Wildman–Crippen LogP) is 3.69. The normalized spacial score (nSPS) is 13.8. The standard InChI is InChI=1S/C22H23N7O/c1-2-29-19-12-9-16(14-18(19)24-27-29)22(30)23-17-10-7-15(8-11-17)21-26-25-20-6-4-3-5-13-28(20)21/h7-12,14H,2-6,13H2,1H3,(H,23,30). The Labute approximate surface area is 173 Å².